The number of piperazine rings is 1. The Kier molecular flexibility index (Phi) is 8.31. The van der Waals surface area contributed by atoms with Gasteiger partial charge in [-0.2, -0.15) is 9.40 Å². The van der Waals surface area contributed by atoms with Crippen LogP contribution in [0.2, 0.25) is 0 Å². The summed E-state index contributed by atoms with van der Waals surface area (Å²) >= 11 is 0. The fraction of sp³-hybridized carbons (Fsp3) is 0.267. The molecule has 0 saturated carbocycles. The Morgan fingerprint density at radius 2 is 1.67 bits per heavy atom. The SMILES string of the molecule is CN1CCN(c2ccc(C(=O)Nc3n[nH]c4c3CN(S(=O)(=O)c3cc(F)cc(F)c3)CC4)c(NC(=O)c3ccccn3)c2)CC1. The molecule has 2 aromatic carbocycles. The number of carbonyl (C=O) groups excluding carboxylic acids is 2. The number of sulfonamides is 1. The summed E-state index contributed by atoms with van der Waals surface area (Å²) in [6, 6.07) is 12.2. The van der Waals surface area contributed by atoms with Gasteiger partial charge in [-0.15, -0.1) is 0 Å². The van der Waals surface area contributed by atoms with E-state index in [0.29, 0.717) is 17.3 Å². The molecule has 4 heterocycles. The van der Waals surface area contributed by atoms with E-state index in [-0.39, 0.29) is 42.3 Å². The van der Waals surface area contributed by atoms with Gasteiger partial charge in [-0.1, -0.05) is 6.07 Å². The van der Waals surface area contributed by atoms with Gasteiger partial charge >= 0.3 is 0 Å². The minimum absolute atomic E-state index is 0.0422. The van der Waals surface area contributed by atoms with Gasteiger partial charge in [-0.05, 0) is 49.5 Å². The van der Waals surface area contributed by atoms with Crippen molar-refractivity contribution >= 4 is 39.0 Å². The van der Waals surface area contributed by atoms with Crippen molar-refractivity contribution in [1.29, 1.82) is 0 Å². The summed E-state index contributed by atoms with van der Waals surface area (Å²) in [6.45, 7) is 3.13. The van der Waals surface area contributed by atoms with E-state index in [0.717, 1.165) is 48.3 Å². The van der Waals surface area contributed by atoms with Crippen LogP contribution in [0.3, 0.4) is 0 Å². The van der Waals surface area contributed by atoms with E-state index in [1.807, 2.05) is 13.1 Å². The van der Waals surface area contributed by atoms with E-state index in [2.05, 4.69) is 35.6 Å². The maximum absolute atomic E-state index is 13.8. The summed E-state index contributed by atoms with van der Waals surface area (Å²) in [5.41, 5.74) is 2.47. The van der Waals surface area contributed by atoms with Crippen molar-refractivity contribution in [3.63, 3.8) is 0 Å². The van der Waals surface area contributed by atoms with Gasteiger partial charge in [0.2, 0.25) is 10.0 Å². The van der Waals surface area contributed by atoms with Crippen molar-refractivity contribution in [3.05, 3.63) is 94.9 Å². The average Bonchev–Trinajstić information content (AvgIpc) is 3.43. The van der Waals surface area contributed by atoms with Crippen LogP contribution in [0.4, 0.5) is 26.0 Å². The van der Waals surface area contributed by atoms with Gasteiger partial charge in [0.15, 0.2) is 5.82 Å². The molecule has 12 nitrogen and oxygen atoms in total. The summed E-state index contributed by atoms with van der Waals surface area (Å²) in [7, 11) is -2.20. The number of hydrogen-bond acceptors (Lipinski definition) is 8. The van der Waals surface area contributed by atoms with E-state index in [9.17, 15) is 26.8 Å². The van der Waals surface area contributed by atoms with Crippen LogP contribution in [-0.2, 0) is 23.0 Å². The van der Waals surface area contributed by atoms with Crippen LogP contribution < -0.4 is 15.5 Å². The third kappa shape index (κ3) is 6.41. The molecule has 2 aromatic heterocycles. The number of aromatic nitrogens is 3. The number of amides is 2. The molecule has 0 spiro atoms. The Hall–Kier alpha value is -4.73. The molecule has 0 radical (unpaired) electrons. The normalized spacial score (nSPS) is 15.8. The Morgan fingerprint density at radius 3 is 2.38 bits per heavy atom. The lowest BCUT2D eigenvalue weighted by Gasteiger charge is -2.34. The van der Waals surface area contributed by atoms with Gasteiger partial charge in [0.25, 0.3) is 11.8 Å². The number of anilines is 3. The molecule has 15 heteroatoms. The Morgan fingerprint density at radius 1 is 0.911 bits per heavy atom. The molecular weight excluding hydrogens is 606 g/mol. The molecule has 4 aromatic rings. The number of pyridine rings is 1. The van der Waals surface area contributed by atoms with Gasteiger partial charge in [-0.3, -0.25) is 19.7 Å². The molecule has 234 valence electrons. The topological polar surface area (TPSA) is 144 Å². The molecule has 3 N–H and O–H groups in total. The van der Waals surface area contributed by atoms with Gasteiger partial charge in [0.1, 0.15) is 17.3 Å². The molecule has 2 amide bonds. The predicted octanol–water partition coefficient (Wildman–Crippen LogP) is 3.09. The number of halogens is 2. The van der Waals surface area contributed by atoms with E-state index < -0.39 is 38.4 Å². The molecule has 1 fully saturated rings. The second kappa shape index (κ2) is 12.3. The maximum Gasteiger partial charge on any atom is 0.274 e. The maximum atomic E-state index is 13.8. The van der Waals surface area contributed by atoms with Crippen LogP contribution in [0.1, 0.15) is 32.1 Å². The van der Waals surface area contributed by atoms with Gasteiger partial charge in [-0.25, -0.2) is 17.2 Å². The van der Waals surface area contributed by atoms with Crippen LogP contribution >= 0.6 is 0 Å². The van der Waals surface area contributed by atoms with Crippen LogP contribution in [0.25, 0.3) is 0 Å². The number of benzene rings is 2. The minimum atomic E-state index is -4.25. The van der Waals surface area contributed by atoms with Crippen LogP contribution in [0.5, 0.6) is 0 Å². The predicted molar refractivity (Wildman–Crippen MR) is 163 cm³/mol. The first-order chi connectivity index (χ1) is 21.6. The zero-order valence-corrected chi connectivity index (χ0v) is 25.1. The number of hydrogen-bond donors (Lipinski definition) is 3. The lowest BCUT2D eigenvalue weighted by Crippen LogP contribution is -2.44. The molecule has 0 aliphatic carbocycles. The number of H-pyrrole nitrogens is 1. The van der Waals surface area contributed by atoms with E-state index in [1.54, 1.807) is 30.3 Å². The first-order valence-corrected chi connectivity index (χ1v) is 15.7. The van der Waals surface area contributed by atoms with Gasteiger partial charge in [0, 0.05) is 74.9 Å². The van der Waals surface area contributed by atoms with Crippen LogP contribution in [-0.4, -0.2) is 84.4 Å². The van der Waals surface area contributed by atoms with Gasteiger partial charge < -0.3 is 20.4 Å². The second-order valence-corrected chi connectivity index (χ2v) is 12.8. The quantitative estimate of drug-likeness (QED) is 0.281. The summed E-state index contributed by atoms with van der Waals surface area (Å²) in [5.74, 6) is -2.99. The average molecular weight is 637 g/mol. The highest BCUT2D eigenvalue weighted by atomic mass is 32.2. The number of fused-ring (bicyclic) bond motifs is 1. The monoisotopic (exact) mass is 636 g/mol. The fourth-order valence-electron chi connectivity index (χ4n) is 5.36. The van der Waals surface area contributed by atoms with Crippen molar-refractivity contribution in [2.24, 2.45) is 0 Å². The summed E-state index contributed by atoms with van der Waals surface area (Å²) in [5, 5.41) is 12.6. The van der Waals surface area contributed by atoms with Crippen LogP contribution in [0.15, 0.2) is 65.7 Å². The Bertz CT molecular complexity index is 1840. The zero-order chi connectivity index (χ0) is 31.7. The van der Waals surface area contributed by atoms with Crippen LogP contribution in [0, 0.1) is 11.6 Å². The number of nitrogens with one attached hydrogen (secondary N) is 3. The zero-order valence-electron chi connectivity index (χ0n) is 24.3. The number of carbonyl (C=O) groups is 2. The Labute approximate surface area is 258 Å². The van der Waals surface area contributed by atoms with Crippen molar-refractivity contribution in [2.75, 3.05) is 55.3 Å². The third-order valence-electron chi connectivity index (χ3n) is 7.87. The number of likely N-dealkylation sites (N-methyl/N-ethyl adjacent to an activating group) is 1. The molecule has 0 bridgehead atoms. The summed E-state index contributed by atoms with van der Waals surface area (Å²) in [6.07, 6.45) is 1.73. The highest BCUT2D eigenvalue weighted by Gasteiger charge is 2.32. The lowest BCUT2D eigenvalue weighted by molar-refractivity contribution is 0.102. The molecule has 45 heavy (non-hydrogen) atoms. The molecule has 0 unspecified atom stereocenters. The fourth-order valence-corrected chi connectivity index (χ4v) is 6.81. The summed E-state index contributed by atoms with van der Waals surface area (Å²) < 4.78 is 55.2. The van der Waals surface area contributed by atoms with Crippen molar-refractivity contribution < 1.29 is 26.8 Å². The lowest BCUT2D eigenvalue weighted by atomic mass is 10.1. The molecular formula is C30H30F2N8O4S. The largest absolute Gasteiger partial charge is 0.369 e. The smallest absolute Gasteiger partial charge is 0.274 e. The Balaban J connectivity index is 1.26. The third-order valence-corrected chi connectivity index (χ3v) is 9.69. The van der Waals surface area contributed by atoms with E-state index in [1.165, 1.54) is 6.20 Å². The molecule has 2 aliphatic rings. The highest BCUT2D eigenvalue weighted by molar-refractivity contribution is 7.89. The second-order valence-electron chi connectivity index (χ2n) is 10.9. The molecule has 6 rings (SSSR count). The van der Waals surface area contributed by atoms with Crippen molar-refractivity contribution in [3.8, 4) is 0 Å². The van der Waals surface area contributed by atoms with E-state index >= 15 is 0 Å². The van der Waals surface area contributed by atoms with Crippen molar-refractivity contribution in [2.45, 2.75) is 17.9 Å². The number of nitrogens with zero attached hydrogens (tertiary/aromatic N) is 5. The first-order valence-electron chi connectivity index (χ1n) is 14.2. The minimum Gasteiger partial charge on any atom is -0.369 e. The standard InChI is InChI=1S/C30H30F2N8O4S/c1-38-10-12-39(13-11-38)21-5-6-23(27(17-21)34-30(42)26-4-2-3-8-33-26)29(41)35-28-24-18-40(9-7-25(24)36-37-28)45(43,44)22-15-19(31)14-20(32)16-22/h2-6,8,14-17H,7,9-13,18H2,1H3,(H,34,42)(H2,35,36,37,41). The summed E-state index contributed by atoms with van der Waals surface area (Å²) in [4.78, 5) is 34.7. The van der Waals surface area contributed by atoms with Gasteiger partial charge in [0.05, 0.1) is 16.1 Å². The molecule has 2 aliphatic heterocycles. The van der Waals surface area contributed by atoms with Crippen molar-refractivity contribution in [1.82, 2.24) is 24.4 Å². The number of rotatable bonds is 7. The van der Waals surface area contributed by atoms with E-state index in [4.69, 9.17) is 0 Å². The highest BCUT2D eigenvalue weighted by Crippen LogP contribution is 2.31. The molecule has 1 saturated heterocycles. The first kappa shape index (κ1) is 30.3. The molecule has 0 atom stereocenters. The number of aromatic amines is 1.